The smallest absolute Gasteiger partial charge is 0.407 e. The molecule has 0 aromatic heterocycles. The highest BCUT2D eigenvalue weighted by molar-refractivity contribution is 5.86. The van der Waals surface area contributed by atoms with Gasteiger partial charge in [0.05, 0.1) is 0 Å². The van der Waals surface area contributed by atoms with E-state index >= 15 is 0 Å². The van der Waals surface area contributed by atoms with Crippen LogP contribution in [0, 0.1) is 5.92 Å². The Kier molecular flexibility index (Phi) is 8.06. The zero-order valence-corrected chi connectivity index (χ0v) is 20.2. The molecule has 4 rings (SSSR count). The van der Waals surface area contributed by atoms with Crippen LogP contribution in [0.15, 0.2) is 48.5 Å². The van der Waals surface area contributed by atoms with Gasteiger partial charge in [0.15, 0.2) is 0 Å². The van der Waals surface area contributed by atoms with Gasteiger partial charge in [0.1, 0.15) is 12.6 Å². The van der Waals surface area contributed by atoms with Crippen LogP contribution in [0.2, 0.25) is 0 Å². The third-order valence-electron chi connectivity index (χ3n) is 7.25. The standard InChI is InChI=1S/C28H34N2O5/c1-2-8-24(18-9-7-10-18)29-27(33)25(15-16-26(31)32)30-28(34)35-17-23-21-13-5-3-11-19(21)20-12-4-6-14-22(20)23/h3-6,11-14,18,23-25H,2,7-10,15-17H2,1H3,(H,29,33)(H,30,34)(H,31,32). The minimum absolute atomic E-state index is 0.00880. The lowest BCUT2D eigenvalue weighted by molar-refractivity contribution is -0.137. The van der Waals surface area contributed by atoms with Crippen LogP contribution < -0.4 is 10.6 Å². The van der Waals surface area contributed by atoms with Gasteiger partial charge in [0.25, 0.3) is 0 Å². The molecule has 0 saturated heterocycles. The monoisotopic (exact) mass is 478 g/mol. The Morgan fingerprint density at radius 2 is 1.60 bits per heavy atom. The van der Waals surface area contributed by atoms with Crippen molar-refractivity contribution in [2.24, 2.45) is 5.92 Å². The van der Waals surface area contributed by atoms with Crippen LogP contribution >= 0.6 is 0 Å². The fourth-order valence-corrected chi connectivity index (χ4v) is 5.18. The predicted molar refractivity (Wildman–Crippen MR) is 133 cm³/mol. The molecule has 2 unspecified atom stereocenters. The van der Waals surface area contributed by atoms with E-state index in [4.69, 9.17) is 9.84 Å². The van der Waals surface area contributed by atoms with Crippen molar-refractivity contribution in [2.45, 2.75) is 69.9 Å². The van der Waals surface area contributed by atoms with Crippen molar-refractivity contribution in [2.75, 3.05) is 6.61 Å². The van der Waals surface area contributed by atoms with E-state index in [-0.39, 0.29) is 37.3 Å². The van der Waals surface area contributed by atoms with Crippen molar-refractivity contribution in [1.82, 2.24) is 10.6 Å². The number of hydrogen-bond acceptors (Lipinski definition) is 4. The van der Waals surface area contributed by atoms with E-state index in [1.165, 1.54) is 6.42 Å². The van der Waals surface area contributed by atoms with E-state index < -0.39 is 18.1 Å². The SMILES string of the molecule is CCCC(NC(=O)C(CCC(=O)O)NC(=O)OCC1c2ccccc2-c2ccccc21)C1CCC1. The summed E-state index contributed by atoms with van der Waals surface area (Å²) in [7, 11) is 0. The lowest BCUT2D eigenvalue weighted by Crippen LogP contribution is -2.52. The van der Waals surface area contributed by atoms with Crippen LogP contribution in [-0.4, -0.2) is 41.8 Å². The lowest BCUT2D eigenvalue weighted by Gasteiger charge is -2.35. The maximum absolute atomic E-state index is 13.0. The molecule has 1 fully saturated rings. The Labute approximate surface area is 206 Å². The van der Waals surface area contributed by atoms with E-state index in [2.05, 4.69) is 29.7 Å². The molecule has 2 amide bonds. The van der Waals surface area contributed by atoms with E-state index in [1.54, 1.807) is 0 Å². The van der Waals surface area contributed by atoms with Crippen LogP contribution in [0.25, 0.3) is 11.1 Å². The number of fused-ring (bicyclic) bond motifs is 3. The molecule has 2 aliphatic rings. The minimum Gasteiger partial charge on any atom is -0.481 e. The van der Waals surface area contributed by atoms with Crippen LogP contribution in [0.5, 0.6) is 0 Å². The molecule has 7 nitrogen and oxygen atoms in total. The normalized spacial score (nSPS) is 16.4. The first-order valence-electron chi connectivity index (χ1n) is 12.6. The molecule has 7 heteroatoms. The van der Waals surface area contributed by atoms with Crippen molar-refractivity contribution in [3.05, 3.63) is 59.7 Å². The number of rotatable bonds is 11. The maximum atomic E-state index is 13.0. The number of carbonyl (C=O) groups is 3. The van der Waals surface area contributed by atoms with Gasteiger partial charge in [-0.3, -0.25) is 9.59 Å². The number of ether oxygens (including phenoxy) is 1. The zero-order valence-electron chi connectivity index (χ0n) is 20.2. The third kappa shape index (κ3) is 5.84. The molecule has 0 heterocycles. The number of aliphatic carboxylic acids is 1. The van der Waals surface area contributed by atoms with Crippen LogP contribution in [0.3, 0.4) is 0 Å². The molecule has 2 aromatic carbocycles. The highest BCUT2D eigenvalue weighted by Crippen LogP contribution is 2.44. The Bertz CT molecular complexity index is 1020. The topological polar surface area (TPSA) is 105 Å². The van der Waals surface area contributed by atoms with E-state index in [9.17, 15) is 14.4 Å². The van der Waals surface area contributed by atoms with E-state index in [0.717, 1.165) is 47.9 Å². The molecule has 0 radical (unpaired) electrons. The number of hydrogen-bond donors (Lipinski definition) is 3. The highest BCUT2D eigenvalue weighted by Gasteiger charge is 2.32. The Hall–Kier alpha value is -3.35. The maximum Gasteiger partial charge on any atom is 0.407 e. The molecular weight excluding hydrogens is 444 g/mol. The van der Waals surface area contributed by atoms with Crippen LogP contribution in [0.4, 0.5) is 4.79 Å². The Morgan fingerprint density at radius 3 is 2.14 bits per heavy atom. The summed E-state index contributed by atoms with van der Waals surface area (Å²) in [6.07, 6.45) is 4.23. The predicted octanol–water partition coefficient (Wildman–Crippen LogP) is 4.84. The van der Waals surface area contributed by atoms with Crippen molar-refractivity contribution < 1.29 is 24.2 Å². The summed E-state index contributed by atoms with van der Waals surface area (Å²) >= 11 is 0. The van der Waals surface area contributed by atoms with Gasteiger partial charge in [-0.1, -0.05) is 68.3 Å². The van der Waals surface area contributed by atoms with Crippen molar-refractivity contribution in [3.63, 3.8) is 0 Å². The first-order chi connectivity index (χ1) is 17.0. The van der Waals surface area contributed by atoms with Gasteiger partial charge in [0.2, 0.25) is 5.91 Å². The summed E-state index contributed by atoms with van der Waals surface area (Å²) < 4.78 is 5.58. The molecule has 2 atom stereocenters. The fraction of sp³-hybridized carbons (Fsp3) is 0.464. The van der Waals surface area contributed by atoms with Crippen molar-refractivity contribution in [1.29, 1.82) is 0 Å². The minimum atomic E-state index is -1.01. The summed E-state index contributed by atoms with van der Waals surface area (Å²) in [6, 6.07) is 15.2. The Balaban J connectivity index is 1.40. The quantitative estimate of drug-likeness (QED) is 0.429. The van der Waals surface area contributed by atoms with Gasteiger partial charge in [-0.25, -0.2) is 4.79 Å². The molecule has 35 heavy (non-hydrogen) atoms. The number of amides is 2. The average molecular weight is 479 g/mol. The van der Waals surface area contributed by atoms with Gasteiger partial charge in [0, 0.05) is 18.4 Å². The first-order valence-corrected chi connectivity index (χ1v) is 12.6. The van der Waals surface area contributed by atoms with Gasteiger partial charge in [-0.15, -0.1) is 0 Å². The second-order valence-electron chi connectivity index (χ2n) is 9.55. The molecule has 1 saturated carbocycles. The molecule has 0 spiro atoms. The molecule has 0 aliphatic heterocycles. The fourth-order valence-electron chi connectivity index (χ4n) is 5.18. The summed E-state index contributed by atoms with van der Waals surface area (Å²) in [5.41, 5.74) is 4.47. The molecule has 2 aromatic rings. The lowest BCUT2D eigenvalue weighted by atomic mass is 9.78. The molecule has 3 N–H and O–H groups in total. The van der Waals surface area contributed by atoms with Gasteiger partial charge in [-0.2, -0.15) is 0 Å². The Morgan fingerprint density at radius 1 is 0.971 bits per heavy atom. The van der Waals surface area contributed by atoms with Gasteiger partial charge in [-0.05, 0) is 53.9 Å². The number of alkyl carbamates (subject to hydrolysis) is 1. The molecule has 2 aliphatic carbocycles. The summed E-state index contributed by atoms with van der Waals surface area (Å²) in [5.74, 6) is -0.994. The number of carbonyl (C=O) groups excluding carboxylic acids is 2. The van der Waals surface area contributed by atoms with Crippen LogP contribution in [-0.2, 0) is 14.3 Å². The van der Waals surface area contributed by atoms with Gasteiger partial charge < -0.3 is 20.5 Å². The van der Waals surface area contributed by atoms with Crippen molar-refractivity contribution >= 4 is 18.0 Å². The molecule has 0 bridgehead atoms. The largest absolute Gasteiger partial charge is 0.481 e. The van der Waals surface area contributed by atoms with E-state index in [1.807, 2.05) is 36.4 Å². The summed E-state index contributed by atoms with van der Waals surface area (Å²) in [4.78, 5) is 36.9. The second-order valence-corrected chi connectivity index (χ2v) is 9.55. The zero-order chi connectivity index (χ0) is 24.8. The first kappa shape index (κ1) is 24.8. The summed E-state index contributed by atoms with van der Waals surface area (Å²) in [5, 5.41) is 14.8. The van der Waals surface area contributed by atoms with E-state index in [0.29, 0.717) is 5.92 Å². The third-order valence-corrected chi connectivity index (χ3v) is 7.25. The average Bonchev–Trinajstić information content (AvgIpc) is 3.13. The number of carboxylic acids is 1. The molecular formula is C28H34N2O5. The number of benzene rings is 2. The summed E-state index contributed by atoms with van der Waals surface area (Å²) in [6.45, 7) is 2.21. The van der Waals surface area contributed by atoms with Gasteiger partial charge >= 0.3 is 12.1 Å². The number of carboxylic acid groups (broad SMARTS) is 1. The van der Waals surface area contributed by atoms with Crippen molar-refractivity contribution in [3.8, 4) is 11.1 Å². The van der Waals surface area contributed by atoms with Crippen LogP contribution in [0.1, 0.15) is 68.9 Å². The second kappa shape index (κ2) is 11.4. The molecule has 186 valence electrons. The highest BCUT2D eigenvalue weighted by atomic mass is 16.5. The number of nitrogens with one attached hydrogen (secondary N) is 2.